The van der Waals surface area contributed by atoms with E-state index in [4.69, 9.17) is 4.74 Å². The zero-order valence-electron chi connectivity index (χ0n) is 14.8. The number of nitrogens with zero attached hydrogens (tertiary/aromatic N) is 3. The maximum Gasteiger partial charge on any atom is 0.270 e. The first-order chi connectivity index (χ1) is 13.2. The summed E-state index contributed by atoms with van der Waals surface area (Å²) < 4.78 is 20.9. The molecule has 1 saturated heterocycles. The molecule has 0 aliphatic carbocycles. The van der Waals surface area contributed by atoms with Crippen molar-refractivity contribution in [1.82, 2.24) is 14.5 Å². The molecule has 0 unspecified atom stereocenters. The van der Waals surface area contributed by atoms with Crippen molar-refractivity contribution in [1.29, 1.82) is 0 Å². The Bertz CT molecular complexity index is 909. The van der Waals surface area contributed by atoms with E-state index < -0.39 is 0 Å². The van der Waals surface area contributed by atoms with Gasteiger partial charge in [0.25, 0.3) is 5.91 Å². The molecule has 1 atom stereocenters. The quantitative estimate of drug-likeness (QED) is 0.713. The molecule has 4 rings (SSSR count). The van der Waals surface area contributed by atoms with E-state index in [-0.39, 0.29) is 17.8 Å². The van der Waals surface area contributed by atoms with Crippen molar-refractivity contribution in [2.45, 2.75) is 12.6 Å². The van der Waals surface area contributed by atoms with Gasteiger partial charge >= 0.3 is 0 Å². The van der Waals surface area contributed by atoms with Gasteiger partial charge in [-0.3, -0.25) is 9.78 Å². The molecule has 5 nitrogen and oxygen atoms in total. The number of morpholine rings is 1. The van der Waals surface area contributed by atoms with E-state index in [0.29, 0.717) is 31.9 Å². The SMILES string of the molecule is O=C(c1cccn1Cc1ccncc1)N1CCO[C@H](c2ccc(F)cc2)C1. The van der Waals surface area contributed by atoms with E-state index in [1.807, 2.05) is 35.0 Å². The van der Waals surface area contributed by atoms with Crippen LogP contribution in [0.25, 0.3) is 0 Å². The Kier molecular flexibility index (Phi) is 4.98. The highest BCUT2D eigenvalue weighted by molar-refractivity contribution is 5.93. The molecule has 0 spiro atoms. The first-order valence-electron chi connectivity index (χ1n) is 8.91. The molecule has 1 fully saturated rings. The first-order valence-corrected chi connectivity index (χ1v) is 8.91. The average molecular weight is 365 g/mol. The molecule has 3 aromatic rings. The van der Waals surface area contributed by atoms with Crippen LogP contribution >= 0.6 is 0 Å². The number of hydrogen-bond donors (Lipinski definition) is 0. The number of amides is 1. The van der Waals surface area contributed by atoms with Gasteiger partial charge in [-0.15, -0.1) is 0 Å². The summed E-state index contributed by atoms with van der Waals surface area (Å²) in [6.07, 6.45) is 5.16. The molecule has 6 heteroatoms. The molecule has 138 valence electrons. The maximum absolute atomic E-state index is 13.2. The zero-order chi connectivity index (χ0) is 18.6. The Hall–Kier alpha value is -2.99. The molecular formula is C21H20FN3O2. The molecule has 0 bridgehead atoms. The highest BCUT2D eigenvalue weighted by atomic mass is 19.1. The Balaban J connectivity index is 1.49. The molecular weight excluding hydrogens is 345 g/mol. The third-order valence-electron chi connectivity index (χ3n) is 4.75. The lowest BCUT2D eigenvalue weighted by Gasteiger charge is -2.33. The Labute approximate surface area is 157 Å². The zero-order valence-corrected chi connectivity index (χ0v) is 14.8. The first kappa shape index (κ1) is 17.4. The maximum atomic E-state index is 13.2. The van der Waals surface area contributed by atoms with Gasteiger partial charge in [-0.25, -0.2) is 4.39 Å². The number of halogens is 1. The molecule has 0 saturated carbocycles. The normalized spacial score (nSPS) is 17.1. The van der Waals surface area contributed by atoms with Crippen molar-refractivity contribution in [3.63, 3.8) is 0 Å². The van der Waals surface area contributed by atoms with Crippen LogP contribution in [0.5, 0.6) is 0 Å². The van der Waals surface area contributed by atoms with Crippen molar-refractivity contribution in [2.24, 2.45) is 0 Å². The number of carbonyl (C=O) groups excluding carboxylic acids is 1. The second kappa shape index (κ2) is 7.72. The number of carbonyl (C=O) groups is 1. The number of aromatic nitrogens is 2. The summed E-state index contributed by atoms with van der Waals surface area (Å²) in [5.41, 5.74) is 2.61. The minimum absolute atomic E-state index is 0.0236. The van der Waals surface area contributed by atoms with Crippen LogP contribution < -0.4 is 0 Å². The molecule has 1 amide bonds. The highest BCUT2D eigenvalue weighted by Crippen LogP contribution is 2.24. The van der Waals surface area contributed by atoms with Crippen LogP contribution in [0.1, 0.15) is 27.7 Å². The molecule has 1 aliphatic heterocycles. The Morgan fingerprint density at radius 3 is 2.70 bits per heavy atom. The highest BCUT2D eigenvalue weighted by Gasteiger charge is 2.27. The molecule has 1 aliphatic rings. The predicted octanol–water partition coefficient (Wildman–Crippen LogP) is 3.28. The lowest BCUT2D eigenvalue weighted by atomic mass is 10.1. The lowest BCUT2D eigenvalue weighted by Crippen LogP contribution is -2.42. The summed E-state index contributed by atoms with van der Waals surface area (Å²) in [5.74, 6) is -0.305. The van der Waals surface area contributed by atoms with Crippen LogP contribution in [0.3, 0.4) is 0 Å². The van der Waals surface area contributed by atoms with Crippen molar-refractivity contribution >= 4 is 5.91 Å². The van der Waals surface area contributed by atoms with E-state index in [1.54, 1.807) is 29.4 Å². The van der Waals surface area contributed by atoms with Gasteiger partial charge in [0, 0.05) is 31.7 Å². The Morgan fingerprint density at radius 1 is 1.15 bits per heavy atom. The van der Waals surface area contributed by atoms with Gasteiger partial charge in [-0.2, -0.15) is 0 Å². The molecule has 0 N–H and O–H groups in total. The summed E-state index contributed by atoms with van der Waals surface area (Å²) in [4.78, 5) is 18.9. The standard InChI is InChI=1S/C21H20FN3O2/c22-18-5-3-17(4-6-18)20-15-25(12-13-27-20)21(26)19-2-1-11-24(19)14-16-7-9-23-10-8-16/h1-11,20H,12-15H2/t20-/m0/s1. The van der Waals surface area contributed by atoms with Gasteiger partial charge in [0.15, 0.2) is 0 Å². The number of ether oxygens (including phenoxy) is 1. The lowest BCUT2D eigenvalue weighted by molar-refractivity contribution is -0.0231. The largest absolute Gasteiger partial charge is 0.370 e. The predicted molar refractivity (Wildman–Crippen MR) is 98.8 cm³/mol. The van der Waals surface area contributed by atoms with Crippen molar-refractivity contribution in [2.75, 3.05) is 19.7 Å². The van der Waals surface area contributed by atoms with E-state index in [0.717, 1.165) is 11.1 Å². The summed E-state index contributed by atoms with van der Waals surface area (Å²) in [5, 5.41) is 0. The van der Waals surface area contributed by atoms with Gasteiger partial charge in [0.1, 0.15) is 17.6 Å². The Morgan fingerprint density at radius 2 is 1.93 bits per heavy atom. The number of benzene rings is 1. The average Bonchev–Trinajstić information content (AvgIpc) is 3.17. The number of pyridine rings is 1. The van der Waals surface area contributed by atoms with Crippen LogP contribution in [0, 0.1) is 5.82 Å². The molecule has 0 radical (unpaired) electrons. The van der Waals surface area contributed by atoms with Gasteiger partial charge < -0.3 is 14.2 Å². The number of hydrogen-bond acceptors (Lipinski definition) is 3. The van der Waals surface area contributed by atoms with Crippen LogP contribution in [0.2, 0.25) is 0 Å². The van der Waals surface area contributed by atoms with E-state index in [2.05, 4.69) is 4.98 Å². The van der Waals surface area contributed by atoms with Gasteiger partial charge in [0.05, 0.1) is 13.2 Å². The minimum Gasteiger partial charge on any atom is -0.370 e. The molecule has 3 heterocycles. The number of rotatable bonds is 4. The van der Waals surface area contributed by atoms with Crippen molar-refractivity contribution in [3.05, 3.63) is 89.8 Å². The summed E-state index contributed by atoms with van der Waals surface area (Å²) in [7, 11) is 0. The topological polar surface area (TPSA) is 47.4 Å². The second-order valence-corrected chi connectivity index (χ2v) is 6.54. The molecule has 2 aromatic heterocycles. The molecule has 1 aromatic carbocycles. The van der Waals surface area contributed by atoms with Crippen molar-refractivity contribution in [3.8, 4) is 0 Å². The van der Waals surface area contributed by atoms with E-state index >= 15 is 0 Å². The fourth-order valence-corrected chi connectivity index (χ4v) is 3.31. The smallest absolute Gasteiger partial charge is 0.270 e. The van der Waals surface area contributed by atoms with Gasteiger partial charge in [-0.05, 0) is 47.5 Å². The third kappa shape index (κ3) is 3.90. The van der Waals surface area contributed by atoms with E-state index in [9.17, 15) is 9.18 Å². The van der Waals surface area contributed by atoms with Gasteiger partial charge in [0.2, 0.25) is 0 Å². The van der Waals surface area contributed by atoms with Crippen LogP contribution in [-0.2, 0) is 11.3 Å². The third-order valence-corrected chi connectivity index (χ3v) is 4.75. The summed E-state index contributed by atoms with van der Waals surface area (Å²) in [6.45, 7) is 2.06. The minimum atomic E-state index is -0.281. The van der Waals surface area contributed by atoms with Crippen LogP contribution in [0.15, 0.2) is 67.1 Å². The molecule has 27 heavy (non-hydrogen) atoms. The van der Waals surface area contributed by atoms with E-state index in [1.165, 1.54) is 12.1 Å². The fraction of sp³-hybridized carbons (Fsp3) is 0.238. The van der Waals surface area contributed by atoms with Crippen LogP contribution in [-0.4, -0.2) is 40.1 Å². The summed E-state index contributed by atoms with van der Waals surface area (Å²) >= 11 is 0. The van der Waals surface area contributed by atoms with Gasteiger partial charge in [-0.1, -0.05) is 12.1 Å². The van der Waals surface area contributed by atoms with Crippen molar-refractivity contribution < 1.29 is 13.9 Å². The second-order valence-electron chi connectivity index (χ2n) is 6.54. The van der Waals surface area contributed by atoms with Crippen LogP contribution in [0.4, 0.5) is 4.39 Å². The summed E-state index contributed by atoms with van der Waals surface area (Å²) in [6, 6.07) is 13.8. The fourth-order valence-electron chi connectivity index (χ4n) is 3.31. The monoisotopic (exact) mass is 365 g/mol.